The van der Waals surface area contributed by atoms with Crippen molar-refractivity contribution in [1.29, 1.82) is 0 Å². The van der Waals surface area contributed by atoms with Crippen LogP contribution in [0.1, 0.15) is 42.2 Å². The van der Waals surface area contributed by atoms with Crippen LogP contribution in [0.3, 0.4) is 0 Å². The highest BCUT2D eigenvalue weighted by molar-refractivity contribution is 5.92. The van der Waals surface area contributed by atoms with Gasteiger partial charge in [-0.15, -0.1) is 0 Å². The van der Waals surface area contributed by atoms with E-state index in [1.165, 1.54) is 0 Å². The fourth-order valence-electron chi connectivity index (χ4n) is 1.74. The molecule has 1 unspecified atom stereocenters. The first-order valence-electron chi connectivity index (χ1n) is 7.01. The van der Waals surface area contributed by atoms with E-state index in [4.69, 9.17) is 4.42 Å². The van der Waals surface area contributed by atoms with Gasteiger partial charge in [0.25, 0.3) is 5.91 Å². The summed E-state index contributed by atoms with van der Waals surface area (Å²) in [5.74, 6) is 0.934. The molecule has 0 bridgehead atoms. The van der Waals surface area contributed by atoms with Gasteiger partial charge in [0.15, 0.2) is 0 Å². The molecule has 21 heavy (non-hydrogen) atoms. The standard InChI is InChI=1S/C15H20N4O2/c1-4-10(2)17-15-18-11(3)8-13(19-15)14(20)16-9-12-6-5-7-21-12/h5-8,10H,4,9H2,1-3H3,(H,16,20)(H,17,18,19). The number of hydrogen-bond donors (Lipinski definition) is 2. The van der Waals surface area contributed by atoms with Crippen LogP contribution in [0.4, 0.5) is 5.95 Å². The largest absolute Gasteiger partial charge is 0.467 e. The molecule has 0 aromatic carbocycles. The molecule has 1 amide bonds. The fraction of sp³-hybridized carbons (Fsp3) is 0.400. The number of nitrogens with one attached hydrogen (secondary N) is 2. The molecule has 0 aliphatic rings. The summed E-state index contributed by atoms with van der Waals surface area (Å²) in [7, 11) is 0. The van der Waals surface area contributed by atoms with Crippen LogP contribution in [0.15, 0.2) is 28.9 Å². The lowest BCUT2D eigenvalue weighted by molar-refractivity contribution is 0.0943. The second-order valence-electron chi connectivity index (χ2n) is 4.93. The number of aromatic nitrogens is 2. The molecular formula is C15H20N4O2. The molecule has 2 aromatic rings. The molecule has 0 radical (unpaired) electrons. The molecule has 0 aliphatic heterocycles. The Morgan fingerprint density at radius 1 is 1.43 bits per heavy atom. The van der Waals surface area contributed by atoms with Crippen LogP contribution in [-0.2, 0) is 6.54 Å². The number of amides is 1. The predicted octanol–water partition coefficient (Wildman–Crippen LogP) is 2.52. The van der Waals surface area contributed by atoms with Crippen LogP contribution >= 0.6 is 0 Å². The minimum atomic E-state index is -0.246. The summed E-state index contributed by atoms with van der Waals surface area (Å²) in [5.41, 5.74) is 1.10. The lowest BCUT2D eigenvalue weighted by atomic mass is 10.2. The maximum Gasteiger partial charge on any atom is 0.270 e. The zero-order valence-corrected chi connectivity index (χ0v) is 12.5. The lowest BCUT2D eigenvalue weighted by Crippen LogP contribution is -2.25. The van der Waals surface area contributed by atoms with E-state index in [0.29, 0.717) is 23.9 Å². The Morgan fingerprint density at radius 3 is 2.90 bits per heavy atom. The van der Waals surface area contributed by atoms with Gasteiger partial charge in [-0.1, -0.05) is 6.92 Å². The zero-order valence-electron chi connectivity index (χ0n) is 12.5. The third-order valence-corrected chi connectivity index (χ3v) is 3.08. The van der Waals surface area contributed by atoms with Crippen molar-refractivity contribution >= 4 is 11.9 Å². The number of nitrogens with zero attached hydrogens (tertiary/aromatic N) is 2. The SMILES string of the molecule is CCC(C)Nc1nc(C)cc(C(=O)NCc2ccco2)n1. The average Bonchev–Trinajstić information content (AvgIpc) is 2.97. The van der Waals surface area contributed by atoms with Crippen molar-refractivity contribution in [1.82, 2.24) is 15.3 Å². The predicted molar refractivity (Wildman–Crippen MR) is 80.0 cm³/mol. The molecule has 0 saturated heterocycles. The number of rotatable bonds is 6. The van der Waals surface area contributed by atoms with Crippen molar-refractivity contribution in [2.24, 2.45) is 0 Å². The third-order valence-electron chi connectivity index (χ3n) is 3.08. The van der Waals surface area contributed by atoms with Crippen molar-refractivity contribution in [3.05, 3.63) is 41.6 Å². The molecule has 6 heteroatoms. The molecule has 0 fully saturated rings. The molecule has 2 aromatic heterocycles. The topological polar surface area (TPSA) is 80.0 Å². The summed E-state index contributed by atoms with van der Waals surface area (Å²) >= 11 is 0. The average molecular weight is 288 g/mol. The van der Waals surface area contributed by atoms with Gasteiger partial charge in [-0.3, -0.25) is 4.79 Å². The van der Waals surface area contributed by atoms with Crippen molar-refractivity contribution < 1.29 is 9.21 Å². The van der Waals surface area contributed by atoms with Gasteiger partial charge >= 0.3 is 0 Å². The van der Waals surface area contributed by atoms with Gasteiger partial charge in [-0.05, 0) is 38.5 Å². The van der Waals surface area contributed by atoms with E-state index in [1.54, 1.807) is 24.5 Å². The quantitative estimate of drug-likeness (QED) is 0.853. The van der Waals surface area contributed by atoms with E-state index in [1.807, 2.05) is 13.8 Å². The minimum Gasteiger partial charge on any atom is -0.467 e. The second kappa shape index (κ2) is 6.88. The van der Waals surface area contributed by atoms with Crippen molar-refractivity contribution in [2.75, 3.05) is 5.32 Å². The summed E-state index contributed by atoms with van der Waals surface area (Å²) in [6.45, 7) is 6.29. The smallest absolute Gasteiger partial charge is 0.270 e. The maximum atomic E-state index is 12.1. The Morgan fingerprint density at radius 2 is 2.24 bits per heavy atom. The van der Waals surface area contributed by atoms with E-state index >= 15 is 0 Å². The highest BCUT2D eigenvalue weighted by atomic mass is 16.3. The van der Waals surface area contributed by atoms with E-state index in [-0.39, 0.29) is 11.9 Å². The Balaban J connectivity index is 2.05. The Kier molecular flexibility index (Phi) is 4.92. The monoisotopic (exact) mass is 288 g/mol. The van der Waals surface area contributed by atoms with E-state index in [0.717, 1.165) is 12.1 Å². The van der Waals surface area contributed by atoms with Gasteiger partial charge in [0.1, 0.15) is 11.5 Å². The van der Waals surface area contributed by atoms with Gasteiger partial charge in [0, 0.05) is 11.7 Å². The molecule has 1 atom stereocenters. The van der Waals surface area contributed by atoms with Gasteiger partial charge in [-0.25, -0.2) is 9.97 Å². The first-order valence-corrected chi connectivity index (χ1v) is 7.01. The highest BCUT2D eigenvalue weighted by Gasteiger charge is 2.11. The first-order chi connectivity index (χ1) is 10.1. The summed E-state index contributed by atoms with van der Waals surface area (Å²) in [6, 6.07) is 5.51. The summed E-state index contributed by atoms with van der Waals surface area (Å²) in [6.07, 6.45) is 2.53. The van der Waals surface area contributed by atoms with Gasteiger partial charge in [-0.2, -0.15) is 0 Å². The van der Waals surface area contributed by atoms with Crippen LogP contribution < -0.4 is 10.6 Å². The zero-order chi connectivity index (χ0) is 15.2. The van der Waals surface area contributed by atoms with Crippen LogP contribution in [0, 0.1) is 6.92 Å². The molecule has 6 nitrogen and oxygen atoms in total. The third kappa shape index (κ3) is 4.30. The van der Waals surface area contributed by atoms with Gasteiger partial charge in [0.05, 0.1) is 12.8 Å². The summed E-state index contributed by atoms with van der Waals surface area (Å²) in [4.78, 5) is 20.7. The number of carbonyl (C=O) groups excluding carboxylic acids is 1. The molecule has 2 heterocycles. The van der Waals surface area contributed by atoms with Crippen LogP contribution in [0.2, 0.25) is 0 Å². The fourth-order valence-corrected chi connectivity index (χ4v) is 1.74. The van der Waals surface area contributed by atoms with Gasteiger partial charge < -0.3 is 15.1 Å². The maximum absolute atomic E-state index is 12.1. The Bertz CT molecular complexity index is 596. The number of furan rings is 1. The lowest BCUT2D eigenvalue weighted by Gasteiger charge is -2.12. The first kappa shape index (κ1) is 15.0. The van der Waals surface area contributed by atoms with Crippen molar-refractivity contribution in [3.63, 3.8) is 0 Å². The molecule has 2 N–H and O–H groups in total. The molecule has 0 saturated carbocycles. The minimum absolute atomic E-state index is 0.246. The van der Waals surface area contributed by atoms with Crippen LogP contribution in [0.5, 0.6) is 0 Å². The number of hydrogen-bond acceptors (Lipinski definition) is 5. The molecular weight excluding hydrogens is 268 g/mol. The molecule has 0 spiro atoms. The second-order valence-corrected chi connectivity index (χ2v) is 4.93. The number of carbonyl (C=O) groups is 1. The van der Waals surface area contributed by atoms with Crippen LogP contribution in [-0.4, -0.2) is 21.9 Å². The number of anilines is 1. The Hall–Kier alpha value is -2.37. The van der Waals surface area contributed by atoms with Crippen LogP contribution in [0.25, 0.3) is 0 Å². The molecule has 112 valence electrons. The van der Waals surface area contributed by atoms with E-state index in [9.17, 15) is 4.79 Å². The van der Waals surface area contributed by atoms with Crippen molar-refractivity contribution in [3.8, 4) is 0 Å². The summed E-state index contributed by atoms with van der Waals surface area (Å²) < 4.78 is 5.17. The molecule has 0 aliphatic carbocycles. The summed E-state index contributed by atoms with van der Waals surface area (Å²) in [5, 5.41) is 5.95. The Labute approximate surface area is 124 Å². The van der Waals surface area contributed by atoms with Gasteiger partial charge in [0.2, 0.25) is 5.95 Å². The highest BCUT2D eigenvalue weighted by Crippen LogP contribution is 2.08. The van der Waals surface area contributed by atoms with E-state index in [2.05, 4.69) is 27.5 Å². The molecule has 2 rings (SSSR count). The number of aryl methyl sites for hydroxylation is 1. The van der Waals surface area contributed by atoms with E-state index < -0.39 is 0 Å². The van der Waals surface area contributed by atoms with Crippen molar-refractivity contribution in [2.45, 2.75) is 39.8 Å². The normalized spacial score (nSPS) is 12.0.